The molecule has 122 valence electrons. The van der Waals surface area contributed by atoms with Crippen LogP contribution in [0.25, 0.3) is 0 Å². The fourth-order valence-electron chi connectivity index (χ4n) is 2.74. The monoisotopic (exact) mass is 337 g/mol. The van der Waals surface area contributed by atoms with Gasteiger partial charge in [-0.15, -0.1) is 10.2 Å². The van der Waals surface area contributed by atoms with E-state index in [1.54, 1.807) is 11.8 Å². The first-order valence-electron chi connectivity index (χ1n) is 7.89. The minimum Gasteiger partial charge on any atom is -0.378 e. The lowest BCUT2D eigenvalue weighted by Crippen LogP contribution is -2.16. The lowest BCUT2D eigenvalue weighted by molar-refractivity contribution is 0.747. The zero-order chi connectivity index (χ0) is 16.5. The zero-order valence-electron chi connectivity index (χ0n) is 13.7. The van der Waals surface area contributed by atoms with Gasteiger partial charge in [0.15, 0.2) is 5.82 Å². The second-order valence-electron chi connectivity index (χ2n) is 6.01. The summed E-state index contributed by atoms with van der Waals surface area (Å²) in [5.41, 5.74) is 7.18. The molecule has 1 aromatic heterocycles. The molecule has 0 amide bonds. The Balaban J connectivity index is 1.52. The number of hydrogen-bond donors (Lipinski definition) is 1. The Morgan fingerprint density at radius 3 is 2.50 bits per heavy atom. The van der Waals surface area contributed by atoms with Crippen LogP contribution in [-0.4, -0.2) is 29.0 Å². The molecule has 1 atom stereocenters. The minimum atomic E-state index is 0.168. The molecule has 2 aromatic carbocycles. The predicted molar refractivity (Wildman–Crippen MR) is 98.0 cm³/mol. The lowest BCUT2D eigenvalue weighted by atomic mass is 10.1. The van der Waals surface area contributed by atoms with E-state index in [4.69, 9.17) is 0 Å². The van der Waals surface area contributed by atoms with Crippen LogP contribution in [0, 0.1) is 0 Å². The number of nitrogens with zero attached hydrogens (tertiary/aromatic N) is 4. The lowest BCUT2D eigenvalue weighted by Gasteiger charge is -2.15. The largest absolute Gasteiger partial charge is 0.378 e. The number of fused-ring (bicyclic) bond motifs is 1. The third-order valence-corrected chi connectivity index (χ3v) is 5.18. The second kappa shape index (κ2) is 6.20. The molecule has 0 saturated carbocycles. The summed E-state index contributed by atoms with van der Waals surface area (Å²) in [5, 5.41) is 9.73. The molecule has 6 heteroatoms. The molecule has 1 unspecified atom stereocenters. The van der Waals surface area contributed by atoms with Gasteiger partial charge in [-0.25, -0.2) is 4.68 Å². The molecule has 2 heterocycles. The standard InChI is InChI=1S/C18H19N5S/c1-22(2)15-10-8-14(9-11-15)17-21-23-16(19-20-18(23)24-17)12-13-6-4-3-5-7-13/h3-11,17,21H,12H2,1-2H3. The fourth-order valence-corrected chi connectivity index (χ4v) is 3.75. The number of rotatable bonds is 4. The molecule has 0 spiro atoms. The van der Waals surface area contributed by atoms with Gasteiger partial charge in [-0.2, -0.15) is 0 Å². The maximum atomic E-state index is 4.32. The molecule has 1 aliphatic rings. The van der Waals surface area contributed by atoms with E-state index in [0.29, 0.717) is 0 Å². The summed E-state index contributed by atoms with van der Waals surface area (Å²) in [5.74, 6) is 0.941. The van der Waals surface area contributed by atoms with Crippen molar-refractivity contribution < 1.29 is 0 Å². The van der Waals surface area contributed by atoms with Crippen LogP contribution in [0.3, 0.4) is 0 Å². The average Bonchev–Trinajstić information content (AvgIpc) is 3.18. The normalized spacial score (nSPS) is 15.8. The Hall–Kier alpha value is -2.47. The minimum absolute atomic E-state index is 0.168. The van der Waals surface area contributed by atoms with E-state index in [0.717, 1.165) is 17.4 Å². The second-order valence-corrected chi connectivity index (χ2v) is 7.08. The van der Waals surface area contributed by atoms with Gasteiger partial charge in [-0.1, -0.05) is 54.2 Å². The fraction of sp³-hybridized carbons (Fsp3) is 0.222. The molecule has 24 heavy (non-hydrogen) atoms. The average molecular weight is 337 g/mol. The van der Waals surface area contributed by atoms with Crippen molar-refractivity contribution in [3.8, 4) is 0 Å². The summed E-state index contributed by atoms with van der Waals surface area (Å²) in [6.45, 7) is 0. The van der Waals surface area contributed by atoms with E-state index < -0.39 is 0 Å². The third kappa shape index (κ3) is 2.85. The summed E-state index contributed by atoms with van der Waals surface area (Å²) in [6.07, 6.45) is 0.772. The molecule has 4 rings (SSSR count). The maximum absolute atomic E-state index is 4.32. The van der Waals surface area contributed by atoms with Gasteiger partial charge in [-0.05, 0) is 23.3 Å². The van der Waals surface area contributed by atoms with Crippen molar-refractivity contribution in [2.45, 2.75) is 17.0 Å². The molecule has 0 saturated heterocycles. The third-order valence-electron chi connectivity index (χ3n) is 4.09. The van der Waals surface area contributed by atoms with Gasteiger partial charge in [-0.3, -0.25) is 0 Å². The number of aromatic nitrogens is 3. The van der Waals surface area contributed by atoms with Crippen molar-refractivity contribution in [2.75, 3.05) is 24.4 Å². The molecule has 0 aliphatic carbocycles. The Morgan fingerprint density at radius 1 is 1.04 bits per heavy atom. The van der Waals surface area contributed by atoms with Gasteiger partial charge in [0.1, 0.15) is 5.37 Å². The van der Waals surface area contributed by atoms with Crippen molar-refractivity contribution in [1.82, 2.24) is 14.9 Å². The topological polar surface area (TPSA) is 46.0 Å². The van der Waals surface area contributed by atoms with Gasteiger partial charge >= 0.3 is 0 Å². The summed E-state index contributed by atoms with van der Waals surface area (Å²) >= 11 is 1.70. The van der Waals surface area contributed by atoms with Crippen LogP contribution in [0.1, 0.15) is 22.3 Å². The number of nitrogens with one attached hydrogen (secondary N) is 1. The van der Waals surface area contributed by atoms with Crippen molar-refractivity contribution in [1.29, 1.82) is 0 Å². The number of benzene rings is 2. The molecular formula is C18H19N5S. The molecule has 5 nitrogen and oxygen atoms in total. The van der Waals surface area contributed by atoms with Crippen molar-refractivity contribution in [3.63, 3.8) is 0 Å². The first-order valence-corrected chi connectivity index (χ1v) is 8.77. The van der Waals surface area contributed by atoms with Gasteiger partial charge in [0.2, 0.25) is 5.16 Å². The summed E-state index contributed by atoms with van der Waals surface area (Å²) in [4.78, 5) is 2.10. The Labute approximate surface area is 145 Å². The summed E-state index contributed by atoms with van der Waals surface area (Å²) in [6, 6.07) is 19.0. The van der Waals surface area contributed by atoms with Crippen LogP contribution in [0.4, 0.5) is 5.69 Å². The van der Waals surface area contributed by atoms with Crippen LogP contribution in [0.5, 0.6) is 0 Å². The highest BCUT2D eigenvalue weighted by molar-refractivity contribution is 7.99. The van der Waals surface area contributed by atoms with E-state index in [2.05, 4.69) is 71.0 Å². The van der Waals surface area contributed by atoms with Crippen LogP contribution in [0.2, 0.25) is 0 Å². The number of anilines is 1. The van der Waals surface area contributed by atoms with Gasteiger partial charge in [0.05, 0.1) is 0 Å². The van der Waals surface area contributed by atoms with Crippen LogP contribution < -0.4 is 10.3 Å². The van der Waals surface area contributed by atoms with Crippen molar-refractivity contribution in [2.24, 2.45) is 0 Å². The quantitative estimate of drug-likeness (QED) is 0.791. The van der Waals surface area contributed by atoms with Crippen LogP contribution in [0.15, 0.2) is 59.8 Å². The van der Waals surface area contributed by atoms with Gasteiger partial charge in [0, 0.05) is 26.2 Å². The first-order chi connectivity index (χ1) is 11.7. The Kier molecular flexibility index (Phi) is 3.90. The van der Waals surface area contributed by atoms with E-state index >= 15 is 0 Å². The Morgan fingerprint density at radius 2 is 1.79 bits per heavy atom. The van der Waals surface area contributed by atoms with Crippen LogP contribution in [-0.2, 0) is 6.42 Å². The van der Waals surface area contributed by atoms with E-state index in [1.165, 1.54) is 16.8 Å². The first kappa shape index (κ1) is 15.1. The smallest absolute Gasteiger partial charge is 0.212 e. The van der Waals surface area contributed by atoms with Crippen molar-refractivity contribution >= 4 is 17.4 Å². The maximum Gasteiger partial charge on any atom is 0.212 e. The molecule has 0 radical (unpaired) electrons. The highest BCUT2D eigenvalue weighted by Crippen LogP contribution is 2.39. The predicted octanol–water partition coefficient (Wildman–Crippen LogP) is 3.28. The van der Waals surface area contributed by atoms with Gasteiger partial charge < -0.3 is 10.3 Å². The van der Waals surface area contributed by atoms with E-state index in [1.807, 2.05) is 22.9 Å². The number of thioether (sulfide) groups is 1. The molecule has 0 bridgehead atoms. The highest BCUT2D eigenvalue weighted by Gasteiger charge is 2.27. The van der Waals surface area contributed by atoms with Crippen molar-refractivity contribution in [3.05, 3.63) is 71.5 Å². The SMILES string of the molecule is CN(C)c1ccc(C2Nn3c(Cc4ccccc4)nnc3S2)cc1. The molecule has 1 N–H and O–H groups in total. The van der Waals surface area contributed by atoms with Crippen LogP contribution >= 0.6 is 11.8 Å². The molecular weight excluding hydrogens is 318 g/mol. The van der Waals surface area contributed by atoms with Gasteiger partial charge in [0.25, 0.3) is 0 Å². The number of hydrogen-bond acceptors (Lipinski definition) is 5. The van der Waals surface area contributed by atoms with E-state index in [9.17, 15) is 0 Å². The zero-order valence-corrected chi connectivity index (χ0v) is 14.5. The summed E-state index contributed by atoms with van der Waals surface area (Å²) < 4.78 is 2.02. The summed E-state index contributed by atoms with van der Waals surface area (Å²) in [7, 11) is 4.10. The highest BCUT2D eigenvalue weighted by atomic mass is 32.2. The molecule has 3 aromatic rings. The molecule has 0 fully saturated rings. The van der Waals surface area contributed by atoms with E-state index in [-0.39, 0.29) is 5.37 Å². The molecule has 1 aliphatic heterocycles. The Bertz CT molecular complexity index is 826.